The molecule has 0 aliphatic carbocycles. The van der Waals surface area contributed by atoms with E-state index in [1.54, 1.807) is 12.1 Å². The van der Waals surface area contributed by atoms with Crippen LogP contribution < -0.4 is 14.8 Å². The predicted octanol–water partition coefficient (Wildman–Crippen LogP) is 2.43. The van der Waals surface area contributed by atoms with Gasteiger partial charge in [-0.3, -0.25) is 19.6 Å². The first-order valence-corrected chi connectivity index (χ1v) is 9.85. The van der Waals surface area contributed by atoms with Gasteiger partial charge in [-0.1, -0.05) is 11.6 Å². The normalized spacial score (nSPS) is 10.9. The summed E-state index contributed by atoms with van der Waals surface area (Å²) in [6.45, 7) is 0.276. The van der Waals surface area contributed by atoms with Crippen LogP contribution in [-0.2, 0) is 10.0 Å². The second kappa shape index (κ2) is 8.69. The molecule has 144 valence electrons. The molecule has 0 aromatic heterocycles. The third-order valence-corrected chi connectivity index (χ3v) is 4.16. The molecule has 9 nitrogen and oxygen atoms in total. The Kier molecular flexibility index (Phi) is 6.59. The summed E-state index contributed by atoms with van der Waals surface area (Å²) in [5.41, 5.74) is 0.170. The lowest BCUT2D eigenvalue weighted by Gasteiger charge is -2.09. The molecule has 1 amide bonds. The number of nitrogens with zero attached hydrogens (tertiary/aromatic N) is 1. The van der Waals surface area contributed by atoms with E-state index in [9.17, 15) is 23.3 Å². The molecule has 11 heteroatoms. The zero-order chi connectivity index (χ0) is 20.0. The van der Waals surface area contributed by atoms with E-state index in [0.717, 1.165) is 12.3 Å². The molecule has 2 N–H and O–H groups in total. The number of anilines is 1. The number of nitrogens with one attached hydrogen (secondary N) is 2. The Balaban J connectivity index is 1.85. The van der Waals surface area contributed by atoms with Gasteiger partial charge in [0.2, 0.25) is 10.0 Å². The number of ether oxygens (including phenoxy) is 1. The topological polar surface area (TPSA) is 128 Å². The first kappa shape index (κ1) is 20.5. The van der Waals surface area contributed by atoms with Gasteiger partial charge in [-0.15, -0.1) is 0 Å². The van der Waals surface area contributed by atoms with E-state index in [1.165, 1.54) is 24.3 Å². The second-order valence-electron chi connectivity index (χ2n) is 5.42. The standard InChI is InChI=1S/C16H16ClN3O6S/c1-27(24,25)19-11-2-5-13(6-3-11)26-9-8-18-16(21)14-10-12(20(22)23)4-7-15(14)17/h2-7,10,19H,8-9H2,1H3,(H,18,21). The van der Waals surface area contributed by atoms with E-state index >= 15 is 0 Å². The van der Waals surface area contributed by atoms with Crippen LogP contribution >= 0.6 is 11.6 Å². The van der Waals surface area contributed by atoms with E-state index in [4.69, 9.17) is 16.3 Å². The number of hydrogen-bond donors (Lipinski definition) is 2. The first-order valence-electron chi connectivity index (χ1n) is 7.58. The summed E-state index contributed by atoms with van der Waals surface area (Å²) in [6.07, 6.45) is 1.05. The number of benzene rings is 2. The maximum atomic E-state index is 12.1. The van der Waals surface area contributed by atoms with Crippen molar-refractivity contribution in [3.05, 3.63) is 63.2 Å². The van der Waals surface area contributed by atoms with Gasteiger partial charge in [0.05, 0.1) is 28.3 Å². The number of sulfonamides is 1. The number of hydrogen-bond acceptors (Lipinski definition) is 6. The summed E-state index contributed by atoms with van der Waals surface area (Å²) in [5.74, 6) is -0.0725. The van der Waals surface area contributed by atoms with Crippen molar-refractivity contribution in [1.29, 1.82) is 0 Å². The highest BCUT2D eigenvalue weighted by molar-refractivity contribution is 7.92. The number of amides is 1. The van der Waals surface area contributed by atoms with E-state index in [-0.39, 0.29) is 29.4 Å². The molecule has 0 atom stereocenters. The lowest BCUT2D eigenvalue weighted by molar-refractivity contribution is -0.384. The van der Waals surface area contributed by atoms with Crippen molar-refractivity contribution in [3.63, 3.8) is 0 Å². The van der Waals surface area contributed by atoms with Crippen molar-refractivity contribution in [2.24, 2.45) is 0 Å². The minimum Gasteiger partial charge on any atom is -0.492 e. The molecule has 2 aromatic rings. The van der Waals surface area contributed by atoms with Gasteiger partial charge in [-0.05, 0) is 30.3 Å². The van der Waals surface area contributed by atoms with Crippen molar-refractivity contribution in [1.82, 2.24) is 5.32 Å². The Morgan fingerprint density at radius 1 is 1.22 bits per heavy atom. The Morgan fingerprint density at radius 2 is 1.89 bits per heavy atom. The number of nitro groups is 1. The molecule has 27 heavy (non-hydrogen) atoms. The minimum atomic E-state index is -3.35. The van der Waals surface area contributed by atoms with E-state index in [2.05, 4.69) is 10.0 Å². The third-order valence-electron chi connectivity index (χ3n) is 3.22. The molecule has 0 radical (unpaired) electrons. The summed E-state index contributed by atoms with van der Waals surface area (Å²) in [5, 5.41) is 13.4. The molecular formula is C16H16ClN3O6S. The molecule has 2 rings (SSSR count). The predicted molar refractivity (Wildman–Crippen MR) is 101 cm³/mol. The minimum absolute atomic E-state index is 0.00192. The van der Waals surface area contributed by atoms with Crippen molar-refractivity contribution in [2.75, 3.05) is 24.1 Å². The fourth-order valence-corrected chi connectivity index (χ4v) is 2.83. The molecule has 0 fully saturated rings. The van der Waals surface area contributed by atoms with Gasteiger partial charge >= 0.3 is 0 Å². The van der Waals surface area contributed by atoms with Crippen LogP contribution in [0, 0.1) is 10.1 Å². The van der Waals surface area contributed by atoms with E-state index < -0.39 is 20.9 Å². The molecular weight excluding hydrogens is 398 g/mol. The third kappa shape index (κ3) is 6.42. The molecule has 0 aliphatic rings. The SMILES string of the molecule is CS(=O)(=O)Nc1ccc(OCCNC(=O)c2cc([N+](=O)[O-])ccc2Cl)cc1. The number of carbonyl (C=O) groups is 1. The number of nitro benzene ring substituents is 1. The van der Waals surface area contributed by atoms with Crippen molar-refractivity contribution >= 4 is 38.9 Å². The summed E-state index contributed by atoms with van der Waals surface area (Å²) in [6, 6.07) is 9.84. The zero-order valence-electron chi connectivity index (χ0n) is 14.1. The monoisotopic (exact) mass is 413 g/mol. The average molecular weight is 414 g/mol. The van der Waals surface area contributed by atoms with Gasteiger partial charge in [-0.25, -0.2) is 8.42 Å². The fourth-order valence-electron chi connectivity index (χ4n) is 2.06. The summed E-state index contributed by atoms with van der Waals surface area (Å²) >= 11 is 5.90. The lowest BCUT2D eigenvalue weighted by atomic mass is 10.2. The maximum absolute atomic E-state index is 12.1. The maximum Gasteiger partial charge on any atom is 0.270 e. The van der Waals surface area contributed by atoms with Crippen LogP contribution in [-0.4, -0.2) is 38.7 Å². The number of halogens is 1. The highest BCUT2D eigenvalue weighted by Gasteiger charge is 2.15. The molecule has 0 heterocycles. The highest BCUT2D eigenvalue weighted by atomic mass is 35.5. The lowest BCUT2D eigenvalue weighted by Crippen LogP contribution is -2.28. The molecule has 0 spiro atoms. The smallest absolute Gasteiger partial charge is 0.270 e. The van der Waals surface area contributed by atoms with Crippen LogP contribution in [0.1, 0.15) is 10.4 Å². The Labute approximate surface area is 160 Å². The molecule has 2 aromatic carbocycles. The number of rotatable bonds is 8. The van der Waals surface area contributed by atoms with Crippen LogP contribution in [0.4, 0.5) is 11.4 Å². The van der Waals surface area contributed by atoms with Gasteiger partial charge in [0.25, 0.3) is 11.6 Å². The Bertz CT molecular complexity index is 947. The van der Waals surface area contributed by atoms with Gasteiger partial charge in [0, 0.05) is 17.8 Å². The van der Waals surface area contributed by atoms with Crippen LogP contribution in [0.3, 0.4) is 0 Å². The summed E-state index contributed by atoms with van der Waals surface area (Å²) < 4.78 is 30.0. The first-order chi connectivity index (χ1) is 12.7. The Hall–Kier alpha value is -2.85. The van der Waals surface area contributed by atoms with Crippen molar-refractivity contribution < 1.29 is 22.9 Å². The number of non-ortho nitro benzene ring substituents is 1. The second-order valence-corrected chi connectivity index (χ2v) is 7.58. The molecule has 0 aliphatic heterocycles. The molecule has 0 saturated carbocycles. The summed E-state index contributed by atoms with van der Waals surface area (Å²) in [7, 11) is -3.35. The van der Waals surface area contributed by atoms with Gasteiger partial charge in [0.15, 0.2) is 0 Å². The van der Waals surface area contributed by atoms with Crippen LogP contribution in [0.15, 0.2) is 42.5 Å². The van der Waals surface area contributed by atoms with Crippen LogP contribution in [0.25, 0.3) is 0 Å². The average Bonchev–Trinajstić information content (AvgIpc) is 2.58. The van der Waals surface area contributed by atoms with Crippen molar-refractivity contribution in [2.45, 2.75) is 0 Å². The van der Waals surface area contributed by atoms with Crippen molar-refractivity contribution in [3.8, 4) is 5.75 Å². The largest absolute Gasteiger partial charge is 0.492 e. The fraction of sp³-hybridized carbons (Fsp3) is 0.188. The highest BCUT2D eigenvalue weighted by Crippen LogP contribution is 2.22. The van der Waals surface area contributed by atoms with E-state index in [0.29, 0.717) is 11.4 Å². The quantitative estimate of drug-likeness (QED) is 0.388. The number of carbonyl (C=O) groups excluding carboxylic acids is 1. The van der Waals surface area contributed by atoms with E-state index in [1.807, 2.05) is 0 Å². The zero-order valence-corrected chi connectivity index (χ0v) is 15.7. The molecule has 0 unspecified atom stereocenters. The molecule has 0 saturated heterocycles. The van der Waals surface area contributed by atoms with Gasteiger partial charge in [-0.2, -0.15) is 0 Å². The summed E-state index contributed by atoms with van der Waals surface area (Å²) in [4.78, 5) is 22.3. The Morgan fingerprint density at radius 3 is 2.48 bits per heavy atom. The van der Waals surface area contributed by atoms with Crippen LogP contribution in [0.2, 0.25) is 5.02 Å². The van der Waals surface area contributed by atoms with Gasteiger partial charge < -0.3 is 10.1 Å². The molecule has 0 bridgehead atoms. The van der Waals surface area contributed by atoms with Crippen LogP contribution in [0.5, 0.6) is 5.75 Å². The van der Waals surface area contributed by atoms with Gasteiger partial charge in [0.1, 0.15) is 12.4 Å².